The first kappa shape index (κ1) is 16.6. The summed E-state index contributed by atoms with van der Waals surface area (Å²) in [5.41, 5.74) is 7.57. The third-order valence-corrected chi connectivity index (χ3v) is 2.89. The van der Waals surface area contributed by atoms with Gasteiger partial charge in [-0.2, -0.15) is 0 Å². The van der Waals surface area contributed by atoms with E-state index in [9.17, 15) is 0 Å². The van der Waals surface area contributed by atoms with E-state index in [-0.39, 0.29) is 0 Å². The Kier molecular flexibility index (Phi) is 7.88. The molecule has 20 heavy (non-hydrogen) atoms. The molecule has 0 aliphatic carbocycles. The second-order valence-electron chi connectivity index (χ2n) is 5.32. The Hall–Kier alpha value is -1.42. The average Bonchev–Trinajstić information content (AvgIpc) is 2.42. The van der Waals surface area contributed by atoms with Gasteiger partial charge < -0.3 is 20.5 Å². The summed E-state index contributed by atoms with van der Waals surface area (Å²) in [6, 6.07) is 5.77. The number of anilines is 2. The minimum Gasteiger partial charge on any atom is -0.491 e. The monoisotopic (exact) mass is 280 g/mol. The number of benzene rings is 1. The van der Waals surface area contributed by atoms with Crippen LogP contribution in [0.1, 0.15) is 33.6 Å². The van der Waals surface area contributed by atoms with Crippen LogP contribution in [0, 0.1) is 5.92 Å². The lowest BCUT2D eigenvalue weighted by Gasteiger charge is -2.12. The molecule has 0 saturated carbocycles. The molecular weight excluding hydrogens is 252 g/mol. The van der Waals surface area contributed by atoms with E-state index in [1.165, 1.54) is 0 Å². The van der Waals surface area contributed by atoms with Crippen molar-refractivity contribution in [3.8, 4) is 5.75 Å². The first-order valence-corrected chi connectivity index (χ1v) is 7.47. The van der Waals surface area contributed by atoms with Crippen LogP contribution in [0.2, 0.25) is 0 Å². The Morgan fingerprint density at radius 3 is 2.70 bits per heavy atom. The van der Waals surface area contributed by atoms with Crippen LogP contribution in [-0.2, 0) is 4.74 Å². The standard InChI is InChI=1S/C16H28N2O2/c1-4-9-20-16-12-14(5-6-15(16)17)18-8-11-19-10-7-13(2)3/h5-6,12-13,18H,4,7-11,17H2,1-3H3. The topological polar surface area (TPSA) is 56.5 Å². The summed E-state index contributed by atoms with van der Waals surface area (Å²) in [5, 5.41) is 3.32. The van der Waals surface area contributed by atoms with Crippen LogP contribution in [0.4, 0.5) is 11.4 Å². The van der Waals surface area contributed by atoms with Gasteiger partial charge in [0.15, 0.2) is 0 Å². The molecule has 1 aromatic carbocycles. The molecule has 0 fully saturated rings. The quantitative estimate of drug-likeness (QED) is 0.508. The van der Waals surface area contributed by atoms with Gasteiger partial charge in [0, 0.05) is 24.9 Å². The van der Waals surface area contributed by atoms with Gasteiger partial charge in [-0.25, -0.2) is 0 Å². The maximum Gasteiger partial charge on any atom is 0.144 e. The molecule has 1 aromatic rings. The zero-order valence-corrected chi connectivity index (χ0v) is 12.9. The number of nitrogens with one attached hydrogen (secondary N) is 1. The summed E-state index contributed by atoms with van der Waals surface area (Å²) in [4.78, 5) is 0. The van der Waals surface area contributed by atoms with Crippen molar-refractivity contribution in [1.82, 2.24) is 0 Å². The van der Waals surface area contributed by atoms with Gasteiger partial charge in [0.05, 0.1) is 18.9 Å². The fourth-order valence-electron chi connectivity index (χ4n) is 1.67. The van der Waals surface area contributed by atoms with Crippen molar-refractivity contribution in [2.24, 2.45) is 5.92 Å². The Labute approximate surface area is 122 Å². The zero-order chi connectivity index (χ0) is 14.8. The Morgan fingerprint density at radius 2 is 2.00 bits per heavy atom. The van der Waals surface area contributed by atoms with Gasteiger partial charge >= 0.3 is 0 Å². The van der Waals surface area contributed by atoms with Crippen LogP contribution < -0.4 is 15.8 Å². The number of nitrogen functional groups attached to an aromatic ring is 1. The maximum absolute atomic E-state index is 5.88. The van der Waals surface area contributed by atoms with Crippen molar-refractivity contribution in [3.05, 3.63) is 18.2 Å². The van der Waals surface area contributed by atoms with Gasteiger partial charge in [-0.1, -0.05) is 20.8 Å². The van der Waals surface area contributed by atoms with E-state index in [4.69, 9.17) is 15.2 Å². The van der Waals surface area contributed by atoms with Gasteiger partial charge in [-0.3, -0.25) is 0 Å². The molecule has 3 N–H and O–H groups in total. The Bertz CT molecular complexity index is 381. The molecule has 0 atom stereocenters. The highest BCUT2D eigenvalue weighted by atomic mass is 16.5. The van der Waals surface area contributed by atoms with Gasteiger partial charge in [-0.05, 0) is 30.9 Å². The molecule has 0 heterocycles. The van der Waals surface area contributed by atoms with Crippen LogP contribution in [0.15, 0.2) is 18.2 Å². The van der Waals surface area contributed by atoms with Crippen molar-refractivity contribution in [2.75, 3.05) is 37.4 Å². The van der Waals surface area contributed by atoms with E-state index in [1.807, 2.05) is 18.2 Å². The first-order valence-electron chi connectivity index (χ1n) is 7.47. The second kappa shape index (κ2) is 9.48. The highest BCUT2D eigenvalue weighted by Crippen LogP contribution is 2.25. The molecule has 0 aromatic heterocycles. The van der Waals surface area contributed by atoms with E-state index in [2.05, 4.69) is 26.1 Å². The zero-order valence-electron chi connectivity index (χ0n) is 12.9. The third kappa shape index (κ3) is 6.66. The summed E-state index contributed by atoms with van der Waals surface area (Å²) in [7, 11) is 0. The largest absolute Gasteiger partial charge is 0.491 e. The fraction of sp³-hybridized carbons (Fsp3) is 0.625. The van der Waals surface area contributed by atoms with Crippen molar-refractivity contribution in [1.29, 1.82) is 0 Å². The Morgan fingerprint density at radius 1 is 1.20 bits per heavy atom. The Balaban J connectivity index is 2.29. The molecule has 0 saturated heterocycles. The van der Waals surface area contributed by atoms with Gasteiger partial charge in [0.25, 0.3) is 0 Å². The highest BCUT2D eigenvalue weighted by Gasteiger charge is 2.02. The van der Waals surface area contributed by atoms with Crippen molar-refractivity contribution >= 4 is 11.4 Å². The first-order chi connectivity index (χ1) is 9.63. The molecule has 0 aliphatic heterocycles. The number of ether oxygens (including phenoxy) is 2. The van der Waals surface area contributed by atoms with Crippen molar-refractivity contribution in [2.45, 2.75) is 33.6 Å². The van der Waals surface area contributed by atoms with Gasteiger partial charge in [-0.15, -0.1) is 0 Å². The fourth-order valence-corrected chi connectivity index (χ4v) is 1.67. The summed E-state index contributed by atoms with van der Waals surface area (Å²) >= 11 is 0. The predicted molar refractivity (Wildman–Crippen MR) is 85.4 cm³/mol. The van der Waals surface area contributed by atoms with E-state index < -0.39 is 0 Å². The molecule has 0 bridgehead atoms. The molecule has 4 nitrogen and oxygen atoms in total. The smallest absolute Gasteiger partial charge is 0.144 e. The third-order valence-electron chi connectivity index (χ3n) is 2.89. The van der Waals surface area contributed by atoms with E-state index >= 15 is 0 Å². The van der Waals surface area contributed by atoms with Gasteiger partial charge in [0.1, 0.15) is 5.75 Å². The summed E-state index contributed by atoms with van der Waals surface area (Å²) in [6.45, 7) is 9.49. The number of hydrogen-bond donors (Lipinski definition) is 2. The molecule has 0 radical (unpaired) electrons. The number of hydrogen-bond acceptors (Lipinski definition) is 4. The predicted octanol–water partition coefficient (Wildman–Crippen LogP) is 3.53. The van der Waals surface area contributed by atoms with E-state index in [0.29, 0.717) is 24.8 Å². The van der Waals surface area contributed by atoms with E-state index in [1.54, 1.807) is 0 Å². The normalized spacial score (nSPS) is 10.8. The van der Waals surface area contributed by atoms with Crippen LogP contribution in [0.5, 0.6) is 5.75 Å². The lowest BCUT2D eigenvalue weighted by molar-refractivity contribution is 0.132. The lowest BCUT2D eigenvalue weighted by Crippen LogP contribution is -2.11. The molecule has 114 valence electrons. The minimum absolute atomic E-state index is 0.678. The molecule has 0 amide bonds. The highest BCUT2D eigenvalue weighted by molar-refractivity contribution is 5.61. The summed E-state index contributed by atoms with van der Waals surface area (Å²) in [6.07, 6.45) is 2.08. The van der Waals surface area contributed by atoms with Crippen LogP contribution in [-0.4, -0.2) is 26.4 Å². The van der Waals surface area contributed by atoms with Crippen molar-refractivity contribution in [3.63, 3.8) is 0 Å². The van der Waals surface area contributed by atoms with Crippen molar-refractivity contribution < 1.29 is 9.47 Å². The van der Waals surface area contributed by atoms with Crippen LogP contribution in [0.25, 0.3) is 0 Å². The molecular formula is C16H28N2O2. The molecule has 0 aliphatic rings. The van der Waals surface area contributed by atoms with E-state index in [0.717, 1.165) is 37.4 Å². The summed E-state index contributed by atoms with van der Waals surface area (Å²) < 4.78 is 11.2. The van der Waals surface area contributed by atoms with Gasteiger partial charge in [0.2, 0.25) is 0 Å². The lowest BCUT2D eigenvalue weighted by atomic mass is 10.1. The second-order valence-corrected chi connectivity index (χ2v) is 5.32. The van der Waals surface area contributed by atoms with Crippen LogP contribution in [0.3, 0.4) is 0 Å². The SMILES string of the molecule is CCCOc1cc(NCCOCCC(C)C)ccc1N. The molecule has 0 spiro atoms. The summed E-state index contributed by atoms with van der Waals surface area (Å²) in [5.74, 6) is 1.44. The maximum atomic E-state index is 5.88. The van der Waals surface area contributed by atoms with Crippen LogP contribution >= 0.6 is 0 Å². The average molecular weight is 280 g/mol. The molecule has 4 heteroatoms. The number of nitrogens with two attached hydrogens (primary N) is 1. The molecule has 1 rings (SSSR count). The number of rotatable bonds is 10. The molecule has 0 unspecified atom stereocenters. The minimum atomic E-state index is 0.678.